The molecule has 0 aromatic heterocycles. The second-order valence-electron chi connectivity index (χ2n) is 7.22. The molecule has 0 saturated heterocycles. The number of methoxy groups -OCH3 is 4. The van der Waals surface area contributed by atoms with Gasteiger partial charge < -0.3 is 33.9 Å². The Morgan fingerprint density at radius 1 is 0.692 bits per heavy atom. The van der Waals surface area contributed by atoms with Gasteiger partial charge in [0.1, 0.15) is 24.3 Å². The lowest BCUT2D eigenvalue weighted by Crippen LogP contribution is -2.28. The van der Waals surface area contributed by atoms with Gasteiger partial charge in [0.2, 0.25) is 0 Å². The van der Waals surface area contributed by atoms with E-state index < -0.39 is 37.0 Å². The van der Waals surface area contributed by atoms with Crippen molar-refractivity contribution in [2.24, 2.45) is 10.2 Å². The molecule has 4 N–H and O–H groups in total. The first-order valence-corrected chi connectivity index (χ1v) is 10.9. The number of rotatable bonds is 14. The van der Waals surface area contributed by atoms with E-state index in [0.29, 0.717) is 0 Å². The highest BCUT2D eigenvalue weighted by Crippen LogP contribution is 2.33. The molecule has 0 radical (unpaired) electrons. The average Bonchev–Trinajstić information content (AvgIpc) is 2.91. The van der Waals surface area contributed by atoms with E-state index in [2.05, 4.69) is 21.1 Å². The highest BCUT2D eigenvalue weighted by atomic mass is 16.5. The number of hydrazone groups is 2. The van der Waals surface area contributed by atoms with Crippen LogP contribution in [0.4, 0.5) is 0 Å². The fourth-order valence-electron chi connectivity index (χ4n) is 3.19. The molecule has 0 aliphatic carbocycles. The maximum absolute atomic E-state index is 11.9. The minimum Gasteiger partial charge on any atom is -0.493 e. The standard InChI is InChI=1S/C24H26N4O11/c1-35-15-7-5-13(19(23(31)32)21(15)37-3)9-25-27-17(29)11-39-12-18(30)28-26-10-14-6-8-16(36-2)22(38-4)20(14)24(33)34/h5-10H,11-12H2,1-4H3,(H,27,29)(H,28,30)(H,31,32)(H,33,34). The first-order valence-electron chi connectivity index (χ1n) is 10.9. The van der Waals surface area contributed by atoms with Gasteiger partial charge in [0.05, 0.1) is 40.9 Å². The van der Waals surface area contributed by atoms with Gasteiger partial charge >= 0.3 is 11.9 Å². The van der Waals surface area contributed by atoms with Gasteiger partial charge in [0.25, 0.3) is 11.8 Å². The van der Waals surface area contributed by atoms with Crippen LogP contribution in [0.25, 0.3) is 0 Å². The normalized spacial score (nSPS) is 10.8. The number of nitrogens with one attached hydrogen (secondary N) is 2. The highest BCUT2D eigenvalue weighted by molar-refractivity contribution is 6.02. The van der Waals surface area contributed by atoms with Crippen LogP contribution in [0.15, 0.2) is 34.5 Å². The minimum absolute atomic E-state index is 0.0115. The van der Waals surface area contributed by atoms with E-state index in [4.69, 9.17) is 23.7 Å². The van der Waals surface area contributed by atoms with E-state index in [1.54, 1.807) is 0 Å². The Balaban J connectivity index is 1.90. The smallest absolute Gasteiger partial charge is 0.340 e. The molecule has 2 aromatic rings. The van der Waals surface area contributed by atoms with Crippen LogP contribution in [0, 0.1) is 0 Å². The zero-order chi connectivity index (χ0) is 28.9. The first kappa shape index (κ1) is 30.0. The fraction of sp³-hybridized carbons (Fsp3) is 0.250. The minimum atomic E-state index is -1.29. The molecule has 15 heteroatoms. The van der Waals surface area contributed by atoms with Crippen LogP contribution in [-0.2, 0) is 14.3 Å². The largest absolute Gasteiger partial charge is 0.493 e. The van der Waals surface area contributed by atoms with E-state index in [1.165, 1.54) is 52.7 Å². The summed E-state index contributed by atoms with van der Waals surface area (Å²) in [5.74, 6) is -3.64. The third-order valence-electron chi connectivity index (χ3n) is 4.84. The lowest BCUT2D eigenvalue weighted by molar-refractivity contribution is -0.130. The number of carbonyl (C=O) groups excluding carboxylic acids is 2. The number of carboxylic acid groups (broad SMARTS) is 2. The number of carboxylic acids is 2. The van der Waals surface area contributed by atoms with Gasteiger partial charge in [-0.2, -0.15) is 10.2 Å². The maximum Gasteiger partial charge on any atom is 0.340 e. The van der Waals surface area contributed by atoms with Gasteiger partial charge in [0.15, 0.2) is 23.0 Å². The fourth-order valence-corrected chi connectivity index (χ4v) is 3.19. The summed E-state index contributed by atoms with van der Waals surface area (Å²) in [6.07, 6.45) is 2.20. The summed E-state index contributed by atoms with van der Waals surface area (Å²) >= 11 is 0. The van der Waals surface area contributed by atoms with Crippen molar-refractivity contribution in [3.05, 3.63) is 46.5 Å². The van der Waals surface area contributed by atoms with Crippen LogP contribution in [0.2, 0.25) is 0 Å². The van der Waals surface area contributed by atoms with E-state index >= 15 is 0 Å². The Bertz CT molecular complexity index is 1190. The molecule has 39 heavy (non-hydrogen) atoms. The Kier molecular flexibility index (Phi) is 11.2. The molecule has 0 fully saturated rings. The van der Waals surface area contributed by atoms with Crippen molar-refractivity contribution in [3.63, 3.8) is 0 Å². The molecule has 0 heterocycles. The van der Waals surface area contributed by atoms with E-state index in [9.17, 15) is 29.4 Å². The predicted octanol–water partition coefficient (Wildman–Crippen LogP) is 0.734. The summed E-state index contributed by atoms with van der Waals surface area (Å²) in [6.45, 7) is -1.10. The molecule has 2 amide bonds. The topological polar surface area (TPSA) is 204 Å². The number of amides is 2. The lowest BCUT2D eigenvalue weighted by atomic mass is 10.1. The monoisotopic (exact) mass is 546 g/mol. The van der Waals surface area contributed by atoms with Gasteiger partial charge in [0, 0.05) is 11.1 Å². The van der Waals surface area contributed by atoms with Crippen molar-refractivity contribution in [2.45, 2.75) is 0 Å². The van der Waals surface area contributed by atoms with E-state index in [-0.39, 0.29) is 45.3 Å². The molecule has 2 rings (SSSR count). The summed E-state index contributed by atoms with van der Waals surface area (Å²) in [6, 6.07) is 5.80. The summed E-state index contributed by atoms with van der Waals surface area (Å²) in [4.78, 5) is 47.1. The molecular formula is C24H26N4O11. The van der Waals surface area contributed by atoms with Crippen LogP contribution in [0.5, 0.6) is 23.0 Å². The number of aromatic carboxylic acids is 2. The van der Waals surface area contributed by atoms with Crippen molar-refractivity contribution in [2.75, 3.05) is 41.7 Å². The second kappa shape index (κ2) is 14.5. The number of carbonyl (C=O) groups is 4. The van der Waals surface area contributed by atoms with Crippen molar-refractivity contribution < 1.29 is 53.1 Å². The Morgan fingerprint density at radius 3 is 1.38 bits per heavy atom. The van der Waals surface area contributed by atoms with Crippen molar-refractivity contribution >= 4 is 36.2 Å². The SMILES string of the molecule is COc1ccc(C=NNC(=O)COCC(=O)NN=Cc2ccc(OC)c(OC)c2C(=O)O)c(C(=O)O)c1OC. The second-order valence-corrected chi connectivity index (χ2v) is 7.22. The predicted molar refractivity (Wildman–Crippen MR) is 135 cm³/mol. The number of hydrogen-bond acceptors (Lipinski definition) is 11. The molecule has 2 aromatic carbocycles. The Morgan fingerprint density at radius 2 is 1.08 bits per heavy atom. The van der Waals surface area contributed by atoms with Crippen LogP contribution in [0.1, 0.15) is 31.8 Å². The molecule has 0 aliphatic rings. The van der Waals surface area contributed by atoms with Crippen LogP contribution < -0.4 is 29.8 Å². The summed E-state index contributed by atoms with van der Waals surface area (Å²) in [7, 11) is 5.29. The van der Waals surface area contributed by atoms with Crippen LogP contribution in [-0.4, -0.2) is 88.0 Å². The highest BCUT2D eigenvalue weighted by Gasteiger charge is 2.21. The van der Waals surface area contributed by atoms with Gasteiger partial charge in [-0.25, -0.2) is 20.4 Å². The third-order valence-corrected chi connectivity index (χ3v) is 4.84. The number of ether oxygens (including phenoxy) is 5. The molecule has 0 saturated carbocycles. The van der Waals surface area contributed by atoms with Gasteiger partial charge in [-0.15, -0.1) is 0 Å². The molecule has 208 valence electrons. The molecule has 0 spiro atoms. The maximum atomic E-state index is 11.9. The number of benzene rings is 2. The number of nitrogens with zero attached hydrogens (tertiary/aromatic N) is 2. The molecule has 0 unspecified atom stereocenters. The quantitative estimate of drug-likeness (QED) is 0.192. The molecule has 0 aliphatic heterocycles. The van der Waals surface area contributed by atoms with Crippen molar-refractivity contribution in [1.29, 1.82) is 0 Å². The third kappa shape index (κ3) is 7.90. The summed E-state index contributed by atoms with van der Waals surface area (Å²) < 4.78 is 25.3. The number of hydrogen-bond donors (Lipinski definition) is 4. The van der Waals surface area contributed by atoms with E-state index in [0.717, 1.165) is 12.4 Å². The lowest BCUT2D eigenvalue weighted by Gasteiger charge is -2.12. The van der Waals surface area contributed by atoms with Crippen molar-refractivity contribution in [3.8, 4) is 23.0 Å². The molecule has 0 bridgehead atoms. The Hall–Kier alpha value is -5.18. The van der Waals surface area contributed by atoms with E-state index in [1.807, 2.05) is 0 Å². The van der Waals surface area contributed by atoms with Crippen LogP contribution in [0.3, 0.4) is 0 Å². The molecule has 0 atom stereocenters. The zero-order valence-corrected chi connectivity index (χ0v) is 21.3. The first-order chi connectivity index (χ1) is 18.7. The Labute approximate surface area is 222 Å². The summed E-state index contributed by atoms with van der Waals surface area (Å²) in [5.41, 5.74) is 4.12. The summed E-state index contributed by atoms with van der Waals surface area (Å²) in [5, 5.41) is 26.4. The molecule has 15 nitrogen and oxygen atoms in total. The van der Waals surface area contributed by atoms with Gasteiger partial charge in [-0.05, 0) is 24.3 Å². The van der Waals surface area contributed by atoms with Gasteiger partial charge in [-0.1, -0.05) is 0 Å². The van der Waals surface area contributed by atoms with Crippen molar-refractivity contribution in [1.82, 2.24) is 10.9 Å². The van der Waals surface area contributed by atoms with Gasteiger partial charge in [-0.3, -0.25) is 9.59 Å². The zero-order valence-electron chi connectivity index (χ0n) is 21.3. The van der Waals surface area contributed by atoms with Crippen LogP contribution >= 0.6 is 0 Å². The molecular weight excluding hydrogens is 520 g/mol. The average molecular weight is 546 g/mol.